The van der Waals surface area contributed by atoms with E-state index in [1.807, 2.05) is 0 Å². The van der Waals surface area contributed by atoms with Gasteiger partial charge in [-0.15, -0.1) is 0 Å². The van der Waals surface area contributed by atoms with Crippen LogP contribution in [0.4, 0.5) is 11.4 Å². The number of rotatable bonds is 10. The molecule has 42 heavy (non-hydrogen) atoms. The van der Waals surface area contributed by atoms with Gasteiger partial charge in [-0.1, -0.05) is 84.9 Å². The second-order valence-electron chi connectivity index (χ2n) is 11.0. The smallest absolute Gasteiger partial charge is 0.187 e. The number of likely N-dealkylation sites (tertiary alicyclic amines) is 1. The van der Waals surface area contributed by atoms with Crippen LogP contribution in [0.25, 0.3) is 12.2 Å². The maximum absolute atomic E-state index is 13.5. The molecule has 4 aromatic rings. The van der Waals surface area contributed by atoms with Gasteiger partial charge in [0.15, 0.2) is 5.78 Å². The molecule has 0 radical (unpaired) electrons. The number of hydrogen-bond donors (Lipinski definition) is 0. The zero-order chi connectivity index (χ0) is 29.3. The summed E-state index contributed by atoms with van der Waals surface area (Å²) < 4.78 is 0. The molecular formula is C38H41N3O. The number of anilines is 2. The molecule has 1 heterocycles. The summed E-state index contributed by atoms with van der Waals surface area (Å²) in [6.45, 7) is 9.27. The number of nitrogens with zero attached hydrogens (tertiary/aromatic N) is 3. The highest BCUT2D eigenvalue weighted by molar-refractivity contribution is 6.14. The van der Waals surface area contributed by atoms with Crippen LogP contribution in [0.1, 0.15) is 36.1 Å². The average molecular weight is 556 g/mol. The van der Waals surface area contributed by atoms with E-state index >= 15 is 0 Å². The summed E-state index contributed by atoms with van der Waals surface area (Å²) in [5, 5.41) is 0. The molecule has 1 saturated heterocycles. The van der Waals surface area contributed by atoms with Crippen molar-refractivity contribution >= 4 is 29.3 Å². The first-order chi connectivity index (χ1) is 20.5. The van der Waals surface area contributed by atoms with Gasteiger partial charge >= 0.3 is 0 Å². The van der Waals surface area contributed by atoms with Gasteiger partial charge in [-0.2, -0.15) is 0 Å². The fourth-order valence-electron chi connectivity index (χ4n) is 5.55. The molecular weight excluding hydrogens is 514 g/mol. The molecule has 0 bridgehead atoms. The van der Waals surface area contributed by atoms with E-state index in [4.69, 9.17) is 0 Å². The van der Waals surface area contributed by atoms with Crippen molar-refractivity contribution in [1.29, 1.82) is 0 Å². The first kappa shape index (κ1) is 29.1. The van der Waals surface area contributed by atoms with Gasteiger partial charge < -0.3 is 9.80 Å². The minimum Gasteiger partial charge on any atom is -0.367 e. The summed E-state index contributed by atoms with van der Waals surface area (Å²) in [7, 11) is 2.08. The fourth-order valence-corrected chi connectivity index (χ4v) is 5.55. The standard InChI is InChI=1S/C38H41N3O/c1-4-40(26-32-12-8-6-9-13-32)36-20-16-30(17-21-36)24-34-28-39(3)29-35(38(34)42)25-31-18-22-37(23-19-31)41(5-2)27-33-14-10-7-11-15-33/h6-25H,4-5,26-29H2,1-3H3/b34-24+,35-25+. The molecule has 0 spiro atoms. The summed E-state index contributed by atoms with van der Waals surface area (Å²) in [5.74, 6) is 0.139. The number of Topliss-reactive ketones (excluding diaryl/α,β-unsaturated/α-hetero) is 1. The van der Waals surface area contributed by atoms with Crippen molar-refractivity contribution in [1.82, 2.24) is 4.90 Å². The molecule has 1 aliphatic rings. The molecule has 214 valence electrons. The second-order valence-corrected chi connectivity index (χ2v) is 11.0. The monoisotopic (exact) mass is 555 g/mol. The Morgan fingerprint density at radius 3 is 1.33 bits per heavy atom. The summed E-state index contributed by atoms with van der Waals surface area (Å²) in [4.78, 5) is 20.5. The lowest BCUT2D eigenvalue weighted by molar-refractivity contribution is -0.113. The summed E-state index contributed by atoms with van der Waals surface area (Å²) in [6, 6.07) is 38.2. The Morgan fingerprint density at radius 1 is 0.595 bits per heavy atom. The summed E-state index contributed by atoms with van der Waals surface area (Å²) in [5.41, 5.74) is 8.72. The zero-order valence-corrected chi connectivity index (χ0v) is 25.0. The molecule has 0 saturated carbocycles. The third-order valence-electron chi connectivity index (χ3n) is 7.86. The van der Waals surface area contributed by atoms with Gasteiger partial charge in [-0.25, -0.2) is 0 Å². The van der Waals surface area contributed by atoms with E-state index in [9.17, 15) is 4.79 Å². The van der Waals surface area contributed by atoms with Gasteiger partial charge in [0, 0.05) is 61.8 Å². The Bertz CT molecular complexity index is 1390. The minimum atomic E-state index is 0.139. The lowest BCUT2D eigenvalue weighted by Crippen LogP contribution is -2.34. The van der Waals surface area contributed by atoms with Crippen LogP contribution >= 0.6 is 0 Å². The number of piperidine rings is 1. The minimum absolute atomic E-state index is 0.139. The van der Waals surface area contributed by atoms with E-state index in [0.717, 1.165) is 48.5 Å². The number of likely N-dealkylation sites (N-methyl/N-ethyl adjacent to an activating group) is 1. The molecule has 0 N–H and O–H groups in total. The molecule has 0 aliphatic carbocycles. The van der Waals surface area contributed by atoms with Crippen molar-refractivity contribution in [3.63, 3.8) is 0 Å². The summed E-state index contributed by atoms with van der Waals surface area (Å²) in [6.07, 6.45) is 4.10. The highest BCUT2D eigenvalue weighted by atomic mass is 16.1. The van der Waals surface area contributed by atoms with Gasteiger partial charge in [0.1, 0.15) is 0 Å². The van der Waals surface area contributed by atoms with Crippen LogP contribution in [0, 0.1) is 0 Å². The predicted octanol–water partition coefficient (Wildman–Crippen LogP) is 7.72. The third kappa shape index (κ3) is 7.45. The third-order valence-corrected chi connectivity index (χ3v) is 7.86. The number of benzene rings is 4. The molecule has 4 nitrogen and oxygen atoms in total. The van der Waals surface area contributed by atoms with Crippen LogP contribution in [0.5, 0.6) is 0 Å². The van der Waals surface area contributed by atoms with Crippen LogP contribution in [0.2, 0.25) is 0 Å². The number of carbonyl (C=O) groups excluding carboxylic acids is 1. The fraction of sp³-hybridized carbons (Fsp3) is 0.237. The molecule has 0 amide bonds. The van der Waals surface area contributed by atoms with Gasteiger partial charge in [-0.05, 0) is 79.6 Å². The largest absolute Gasteiger partial charge is 0.367 e. The van der Waals surface area contributed by atoms with Crippen molar-refractivity contribution in [2.75, 3.05) is 43.0 Å². The normalized spacial score (nSPS) is 15.7. The van der Waals surface area contributed by atoms with Crippen LogP contribution < -0.4 is 9.80 Å². The van der Waals surface area contributed by atoms with Crippen molar-refractivity contribution < 1.29 is 4.79 Å². The maximum atomic E-state index is 13.5. The maximum Gasteiger partial charge on any atom is 0.187 e. The lowest BCUT2D eigenvalue weighted by Gasteiger charge is -2.26. The van der Waals surface area contributed by atoms with Crippen molar-refractivity contribution in [2.45, 2.75) is 26.9 Å². The average Bonchev–Trinajstić information content (AvgIpc) is 3.03. The molecule has 0 unspecified atom stereocenters. The van der Waals surface area contributed by atoms with Crippen molar-refractivity contribution in [2.24, 2.45) is 0 Å². The van der Waals surface area contributed by atoms with Gasteiger partial charge in [0.2, 0.25) is 0 Å². The molecule has 0 aromatic heterocycles. The zero-order valence-electron chi connectivity index (χ0n) is 25.0. The van der Waals surface area contributed by atoms with Crippen molar-refractivity contribution in [3.05, 3.63) is 143 Å². The number of hydrogen-bond acceptors (Lipinski definition) is 4. The Labute approximate surface area is 251 Å². The molecule has 4 heteroatoms. The SMILES string of the molecule is CCN(Cc1ccccc1)c1ccc(/C=C2\CN(C)C/C(=C\c3ccc(N(CC)Cc4ccccc4)cc3)C2=O)cc1. The van der Waals surface area contributed by atoms with Gasteiger partial charge in [-0.3, -0.25) is 9.69 Å². The van der Waals surface area contributed by atoms with E-state index in [1.54, 1.807) is 0 Å². The first-order valence-electron chi connectivity index (χ1n) is 14.9. The van der Waals surface area contributed by atoms with Gasteiger partial charge in [0.25, 0.3) is 0 Å². The quantitative estimate of drug-likeness (QED) is 0.187. The molecule has 1 fully saturated rings. The van der Waals surface area contributed by atoms with Crippen LogP contribution in [-0.2, 0) is 17.9 Å². The van der Waals surface area contributed by atoms with E-state index < -0.39 is 0 Å². The Kier molecular flexibility index (Phi) is 9.68. The van der Waals surface area contributed by atoms with Crippen molar-refractivity contribution in [3.8, 4) is 0 Å². The topological polar surface area (TPSA) is 26.8 Å². The lowest BCUT2D eigenvalue weighted by atomic mass is 9.94. The molecule has 5 rings (SSSR count). The first-order valence-corrected chi connectivity index (χ1v) is 14.9. The van der Waals surface area contributed by atoms with E-state index in [1.165, 1.54) is 22.5 Å². The molecule has 4 aromatic carbocycles. The Hall–Kier alpha value is -4.41. The molecule has 0 atom stereocenters. The highest BCUT2D eigenvalue weighted by Crippen LogP contribution is 2.25. The van der Waals surface area contributed by atoms with Crippen LogP contribution in [0.3, 0.4) is 0 Å². The molecule has 1 aliphatic heterocycles. The number of ketones is 1. The number of carbonyl (C=O) groups is 1. The summed E-state index contributed by atoms with van der Waals surface area (Å²) >= 11 is 0. The second kappa shape index (κ2) is 14.0. The van der Waals surface area contributed by atoms with E-state index in [0.29, 0.717) is 13.1 Å². The highest BCUT2D eigenvalue weighted by Gasteiger charge is 2.24. The van der Waals surface area contributed by atoms with Crippen LogP contribution in [-0.4, -0.2) is 43.9 Å². The van der Waals surface area contributed by atoms with E-state index in [-0.39, 0.29) is 5.78 Å². The Balaban J connectivity index is 1.29. The Morgan fingerprint density at radius 2 is 0.976 bits per heavy atom. The predicted molar refractivity (Wildman–Crippen MR) is 178 cm³/mol. The van der Waals surface area contributed by atoms with E-state index in [2.05, 4.69) is 157 Å². The van der Waals surface area contributed by atoms with Crippen LogP contribution in [0.15, 0.2) is 120 Å². The van der Waals surface area contributed by atoms with Gasteiger partial charge in [0.05, 0.1) is 0 Å².